The minimum atomic E-state index is -0.524. The quantitative estimate of drug-likeness (QED) is 0.933. The molecule has 94 valence electrons. The molecule has 0 amide bonds. The molecular weight excluding hydrogens is 280 g/mol. The van der Waals surface area contributed by atoms with Crippen LogP contribution in [0.4, 0.5) is 4.39 Å². The molecule has 1 N–H and O–H groups in total. The fourth-order valence-electron chi connectivity index (χ4n) is 1.30. The Hall–Kier alpha value is -1.36. The second kappa shape index (κ2) is 5.52. The highest BCUT2D eigenvalue weighted by Crippen LogP contribution is 2.27. The van der Waals surface area contributed by atoms with E-state index in [1.54, 1.807) is 0 Å². The minimum Gasteiger partial charge on any atom is -0.439 e. The molecule has 0 atom stereocenters. The Morgan fingerprint density at radius 1 is 1.22 bits per heavy atom. The van der Waals surface area contributed by atoms with E-state index in [2.05, 4.69) is 4.98 Å². The number of pyridine rings is 1. The van der Waals surface area contributed by atoms with Crippen molar-refractivity contribution in [3.05, 3.63) is 51.9 Å². The van der Waals surface area contributed by atoms with Gasteiger partial charge < -0.3 is 9.84 Å². The highest BCUT2D eigenvalue weighted by Gasteiger charge is 2.06. The molecule has 0 saturated heterocycles. The Morgan fingerprint density at radius 2 is 2.00 bits per heavy atom. The van der Waals surface area contributed by atoms with Gasteiger partial charge in [-0.2, -0.15) is 0 Å². The molecule has 3 nitrogen and oxygen atoms in total. The molecule has 18 heavy (non-hydrogen) atoms. The van der Waals surface area contributed by atoms with Gasteiger partial charge in [-0.3, -0.25) is 0 Å². The molecule has 6 heteroatoms. The Kier molecular flexibility index (Phi) is 4.01. The summed E-state index contributed by atoms with van der Waals surface area (Å²) in [4.78, 5) is 3.93. The minimum absolute atomic E-state index is 0.0381. The average Bonchev–Trinajstić information content (AvgIpc) is 2.36. The van der Waals surface area contributed by atoms with Gasteiger partial charge in [0.25, 0.3) is 0 Å². The number of aliphatic hydroxyl groups is 1. The fraction of sp³-hybridized carbons (Fsp3) is 0.0833. The smallest absolute Gasteiger partial charge is 0.219 e. The van der Waals surface area contributed by atoms with Gasteiger partial charge >= 0.3 is 0 Å². The maximum absolute atomic E-state index is 13.0. The molecule has 1 aromatic carbocycles. The van der Waals surface area contributed by atoms with Crippen LogP contribution < -0.4 is 4.74 Å². The number of ether oxygens (including phenoxy) is 1. The summed E-state index contributed by atoms with van der Waals surface area (Å²) >= 11 is 11.4. The first kappa shape index (κ1) is 13.1. The van der Waals surface area contributed by atoms with E-state index in [4.69, 9.17) is 33.0 Å². The van der Waals surface area contributed by atoms with Gasteiger partial charge in [-0.25, -0.2) is 9.37 Å². The van der Waals surface area contributed by atoms with Crippen molar-refractivity contribution in [1.82, 2.24) is 4.98 Å². The number of nitrogens with zero attached hydrogens (tertiary/aromatic N) is 1. The van der Waals surface area contributed by atoms with Crippen molar-refractivity contribution >= 4 is 23.2 Å². The van der Waals surface area contributed by atoms with Crippen molar-refractivity contribution in [1.29, 1.82) is 0 Å². The summed E-state index contributed by atoms with van der Waals surface area (Å²) in [7, 11) is 0. The van der Waals surface area contributed by atoms with Crippen LogP contribution in [0.1, 0.15) is 5.56 Å². The van der Waals surface area contributed by atoms with Crippen molar-refractivity contribution in [3.8, 4) is 11.6 Å². The van der Waals surface area contributed by atoms with Gasteiger partial charge in [0, 0.05) is 23.9 Å². The second-order valence-corrected chi connectivity index (χ2v) is 4.26. The van der Waals surface area contributed by atoms with Crippen LogP contribution >= 0.6 is 23.2 Å². The zero-order chi connectivity index (χ0) is 13.1. The summed E-state index contributed by atoms with van der Waals surface area (Å²) in [6.07, 6.45) is 1.37. The number of aromatic nitrogens is 1. The van der Waals surface area contributed by atoms with Crippen LogP contribution in [0.25, 0.3) is 0 Å². The van der Waals surface area contributed by atoms with Gasteiger partial charge in [0.05, 0.1) is 16.7 Å². The average molecular weight is 288 g/mol. The predicted octanol–water partition coefficient (Wildman–Crippen LogP) is 3.81. The van der Waals surface area contributed by atoms with Crippen LogP contribution in [-0.2, 0) is 6.61 Å². The molecule has 0 fully saturated rings. The highest BCUT2D eigenvalue weighted by atomic mass is 35.5. The number of halogens is 3. The summed E-state index contributed by atoms with van der Waals surface area (Å²) < 4.78 is 18.3. The molecule has 1 heterocycles. The Bertz CT molecular complexity index is 578. The maximum Gasteiger partial charge on any atom is 0.219 e. The predicted molar refractivity (Wildman–Crippen MR) is 66.7 cm³/mol. The third-order valence-electron chi connectivity index (χ3n) is 2.19. The number of rotatable bonds is 3. The van der Waals surface area contributed by atoms with Crippen LogP contribution in [0, 0.1) is 5.82 Å². The van der Waals surface area contributed by atoms with E-state index in [0.29, 0.717) is 16.3 Å². The van der Waals surface area contributed by atoms with E-state index in [1.807, 2.05) is 0 Å². The summed E-state index contributed by atoms with van der Waals surface area (Å²) in [6.45, 7) is -0.220. The SMILES string of the molecule is OCc1cc(Oc2ccc(F)c(Cl)c2)ncc1Cl. The molecule has 1 aromatic heterocycles. The zero-order valence-electron chi connectivity index (χ0n) is 9.03. The van der Waals surface area contributed by atoms with E-state index < -0.39 is 5.82 Å². The number of hydrogen-bond acceptors (Lipinski definition) is 3. The molecule has 0 aliphatic rings. The van der Waals surface area contributed by atoms with E-state index in [9.17, 15) is 4.39 Å². The normalized spacial score (nSPS) is 10.4. The Balaban J connectivity index is 2.25. The van der Waals surface area contributed by atoms with E-state index in [-0.39, 0.29) is 17.5 Å². The topological polar surface area (TPSA) is 42.4 Å². The molecule has 0 saturated carbocycles. The molecule has 0 unspecified atom stereocenters. The highest BCUT2D eigenvalue weighted by molar-refractivity contribution is 6.31. The Labute approximate surface area is 113 Å². The van der Waals surface area contributed by atoms with Gasteiger partial charge in [0.15, 0.2) is 0 Å². The van der Waals surface area contributed by atoms with Crippen LogP contribution in [-0.4, -0.2) is 10.1 Å². The van der Waals surface area contributed by atoms with Crippen molar-refractivity contribution < 1.29 is 14.2 Å². The van der Waals surface area contributed by atoms with Gasteiger partial charge in [-0.15, -0.1) is 0 Å². The van der Waals surface area contributed by atoms with Crippen molar-refractivity contribution in [2.24, 2.45) is 0 Å². The van der Waals surface area contributed by atoms with Crippen LogP contribution in [0.2, 0.25) is 10.0 Å². The van der Waals surface area contributed by atoms with Crippen LogP contribution in [0.5, 0.6) is 11.6 Å². The third-order valence-corrected chi connectivity index (χ3v) is 2.82. The molecule has 0 spiro atoms. The van der Waals surface area contributed by atoms with Crippen LogP contribution in [0.3, 0.4) is 0 Å². The molecule has 2 rings (SSSR count). The van der Waals surface area contributed by atoms with Gasteiger partial charge in [0.1, 0.15) is 11.6 Å². The molecule has 0 bridgehead atoms. The lowest BCUT2D eigenvalue weighted by atomic mass is 10.3. The van der Waals surface area contributed by atoms with E-state index in [0.717, 1.165) is 0 Å². The lowest BCUT2D eigenvalue weighted by Gasteiger charge is -2.07. The second-order valence-electron chi connectivity index (χ2n) is 3.45. The molecule has 2 aromatic rings. The number of aliphatic hydroxyl groups excluding tert-OH is 1. The first-order chi connectivity index (χ1) is 8.60. The summed E-state index contributed by atoms with van der Waals surface area (Å²) in [5.41, 5.74) is 0.495. The molecular formula is C12H8Cl2FNO2. The van der Waals surface area contributed by atoms with Crippen molar-refractivity contribution in [2.45, 2.75) is 6.61 Å². The van der Waals surface area contributed by atoms with E-state index >= 15 is 0 Å². The monoisotopic (exact) mass is 287 g/mol. The zero-order valence-corrected chi connectivity index (χ0v) is 10.5. The Morgan fingerprint density at radius 3 is 2.67 bits per heavy atom. The number of benzene rings is 1. The molecule has 0 aliphatic heterocycles. The van der Waals surface area contributed by atoms with Crippen molar-refractivity contribution in [3.63, 3.8) is 0 Å². The standard InChI is InChI=1S/C12H8Cl2FNO2/c13-9-4-8(1-2-11(9)15)18-12-3-7(6-17)10(14)5-16-12/h1-5,17H,6H2. The molecule has 0 radical (unpaired) electrons. The first-order valence-electron chi connectivity index (χ1n) is 4.98. The summed E-state index contributed by atoms with van der Waals surface area (Å²) in [5.74, 6) is 0.0652. The largest absolute Gasteiger partial charge is 0.439 e. The van der Waals surface area contributed by atoms with Gasteiger partial charge in [-0.05, 0) is 12.1 Å². The fourth-order valence-corrected chi connectivity index (χ4v) is 1.63. The lowest BCUT2D eigenvalue weighted by molar-refractivity contribution is 0.281. The van der Waals surface area contributed by atoms with E-state index in [1.165, 1.54) is 30.5 Å². The van der Waals surface area contributed by atoms with Gasteiger partial charge in [0.2, 0.25) is 5.88 Å². The molecule has 0 aliphatic carbocycles. The third kappa shape index (κ3) is 2.90. The summed E-state index contributed by atoms with van der Waals surface area (Å²) in [6, 6.07) is 5.46. The summed E-state index contributed by atoms with van der Waals surface area (Å²) in [5, 5.41) is 9.36. The lowest BCUT2D eigenvalue weighted by Crippen LogP contribution is -1.92. The first-order valence-corrected chi connectivity index (χ1v) is 5.74. The van der Waals surface area contributed by atoms with Gasteiger partial charge in [-0.1, -0.05) is 23.2 Å². The number of hydrogen-bond donors (Lipinski definition) is 1. The maximum atomic E-state index is 13.0. The van der Waals surface area contributed by atoms with Crippen LogP contribution in [0.15, 0.2) is 30.5 Å². The van der Waals surface area contributed by atoms with Crippen molar-refractivity contribution in [2.75, 3.05) is 0 Å².